The number of nitrogens with zero attached hydrogens (tertiary/aromatic N) is 4. The van der Waals surface area contributed by atoms with Crippen LogP contribution in [0.5, 0.6) is 0 Å². The summed E-state index contributed by atoms with van der Waals surface area (Å²) in [5.41, 5.74) is 1.58. The van der Waals surface area contributed by atoms with Crippen molar-refractivity contribution in [3.8, 4) is 0 Å². The molecular weight excluding hydrogens is 250 g/mol. The van der Waals surface area contributed by atoms with Gasteiger partial charge in [0.15, 0.2) is 11.5 Å². The molecule has 0 amide bonds. The number of hydrogen-bond acceptors (Lipinski definition) is 4. The van der Waals surface area contributed by atoms with Crippen molar-refractivity contribution in [2.45, 2.75) is 46.2 Å². The molecule has 6 heteroatoms. The third-order valence-electron chi connectivity index (χ3n) is 2.90. The fraction of sp³-hybridized carbons (Fsp3) is 0.583. The molecule has 0 spiro atoms. The maximum atomic E-state index is 5.93. The van der Waals surface area contributed by atoms with Crippen LogP contribution in [0.4, 0.5) is 5.82 Å². The van der Waals surface area contributed by atoms with Crippen LogP contribution in [0.2, 0.25) is 5.28 Å². The van der Waals surface area contributed by atoms with Crippen molar-refractivity contribution in [1.82, 2.24) is 19.5 Å². The second-order valence-corrected chi connectivity index (χ2v) is 4.74. The molecule has 2 aromatic rings. The SMILES string of the molecule is CCCn1cnc2nc(Cl)nc(NC(C)CC)c21. The molecule has 2 aromatic heterocycles. The highest BCUT2D eigenvalue weighted by atomic mass is 35.5. The Morgan fingerprint density at radius 2 is 2.17 bits per heavy atom. The van der Waals surface area contributed by atoms with Gasteiger partial charge in [-0.25, -0.2) is 4.98 Å². The van der Waals surface area contributed by atoms with Crippen LogP contribution >= 0.6 is 11.6 Å². The second kappa shape index (κ2) is 5.52. The molecule has 2 heterocycles. The van der Waals surface area contributed by atoms with Crippen molar-refractivity contribution in [3.63, 3.8) is 0 Å². The number of anilines is 1. The number of aryl methyl sites for hydroxylation is 1. The summed E-state index contributed by atoms with van der Waals surface area (Å²) in [5, 5.41) is 3.60. The molecule has 5 nitrogen and oxygen atoms in total. The lowest BCUT2D eigenvalue weighted by Gasteiger charge is -2.14. The third kappa shape index (κ3) is 2.56. The summed E-state index contributed by atoms with van der Waals surface area (Å²) in [4.78, 5) is 12.7. The van der Waals surface area contributed by atoms with Gasteiger partial charge >= 0.3 is 0 Å². The van der Waals surface area contributed by atoms with Crippen LogP contribution < -0.4 is 5.32 Å². The van der Waals surface area contributed by atoms with Gasteiger partial charge in [-0.3, -0.25) is 0 Å². The van der Waals surface area contributed by atoms with Gasteiger partial charge in [0, 0.05) is 12.6 Å². The van der Waals surface area contributed by atoms with E-state index < -0.39 is 0 Å². The van der Waals surface area contributed by atoms with Gasteiger partial charge in [0.25, 0.3) is 0 Å². The topological polar surface area (TPSA) is 55.6 Å². The highest BCUT2D eigenvalue weighted by molar-refractivity contribution is 6.28. The fourth-order valence-electron chi connectivity index (χ4n) is 1.80. The molecule has 98 valence electrons. The van der Waals surface area contributed by atoms with Crippen molar-refractivity contribution in [1.29, 1.82) is 0 Å². The molecule has 0 aromatic carbocycles. The van der Waals surface area contributed by atoms with Crippen molar-refractivity contribution in [2.75, 3.05) is 5.32 Å². The number of aromatic nitrogens is 4. The zero-order valence-corrected chi connectivity index (χ0v) is 11.7. The molecule has 2 rings (SSSR count). The smallest absolute Gasteiger partial charge is 0.226 e. The Morgan fingerprint density at radius 3 is 2.83 bits per heavy atom. The Bertz CT molecular complexity index is 536. The fourth-order valence-corrected chi connectivity index (χ4v) is 1.96. The molecule has 0 aliphatic heterocycles. The molecule has 1 N–H and O–H groups in total. The van der Waals surface area contributed by atoms with Gasteiger partial charge < -0.3 is 9.88 Å². The molecule has 0 radical (unpaired) electrons. The van der Waals surface area contributed by atoms with Crippen LogP contribution in [-0.2, 0) is 6.54 Å². The summed E-state index contributed by atoms with van der Waals surface area (Å²) in [5.74, 6) is 0.769. The average molecular weight is 268 g/mol. The van der Waals surface area contributed by atoms with E-state index in [1.165, 1.54) is 0 Å². The Balaban J connectivity index is 2.50. The van der Waals surface area contributed by atoms with Crippen LogP contribution in [0.15, 0.2) is 6.33 Å². The van der Waals surface area contributed by atoms with Crippen molar-refractivity contribution >= 4 is 28.6 Å². The molecule has 18 heavy (non-hydrogen) atoms. The first kappa shape index (κ1) is 13.1. The first-order valence-corrected chi connectivity index (χ1v) is 6.68. The van der Waals surface area contributed by atoms with E-state index in [2.05, 4.69) is 45.6 Å². The number of nitrogens with one attached hydrogen (secondary N) is 1. The molecule has 0 aliphatic rings. The van der Waals surface area contributed by atoms with Crippen molar-refractivity contribution in [2.24, 2.45) is 0 Å². The van der Waals surface area contributed by atoms with Gasteiger partial charge in [0.05, 0.1) is 6.33 Å². The summed E-state index contributed by atoms with van der Waals surface area (Å²) in [6, 6.07) is 0.337. The highest BCUT2D eigenvalue weighted by Crippen LogP contribution is 2.22. The monoisotopic (exact) mass is 267 g/mol. The summed E-state index contributed by atoms with van der Waals surface area (Å²) >= 11 is 5.93. The lowest BCUT2D eigenvalue weighted by Crippen LogP contribution is -2.16. The largest absolute Gasteiger partial charge is 0.366 e. The van der Waals surface area contributed by atoms with E-state index >= 15 is 0 Å². The van der Waals surface area contributed by atoms with Crippen molar-refractivity contribution in [3.05, 3.63) is 11.6 Å². The minimum atomic E-state index is 0.232. The van der Waals surface area contributed by atoms with E-state index in [0.717, 1.165) is 30.7 Å². The summed E-state index contributed by atoms with van der Waals surface area (Å²) in [7, 11) is 0. The average Bonchev–Trinajstić information content (AvgIpc) is 2.72. The minimum absolute atomic E-state index is 0.232. The summed E-state index contributed by atoms with van der Waals surface area (Å²) in [6.45, 7) is 7.27. The molecule has 1 unspecified atom stereocenters. The van der Waals surface area contributed by atoms with E-state index in [1.807, 2.05) is 0 Å². The standard InChI is InChI=1S/C12H18ClN5/c1-4-6-18-7-14-10-9(18)11(15-8(3)5-2)17-12(13)16-10/h7-8H,4-6H2,1-3H3,(H,15,16,17). The first-order valence-electron chi connectivity index (χ1n) is 6.30. The van der Waals surface area contributed by atoms with E-state index in [9.17, 15) is 0 Å². The number of imidazole rings is 1. The van der Waals surface area contributed by atoms with Gasteiger partial charge in [-0.05, 0) is 31.4 Å². The Morgan fingerprint density at radius 1 is 1.39 bits per heavy atom. The molecule has 0 saturated carbocycles. The summed E-state index contributed by atoms with van der Waals surface area (Å²) < 4.78 is 2.07. The van der Waals surface area contributed by atoms with E-state index in [0.29, 0.717) is 11.7 Å². The van der Waals surface area contributed by atoms with E-state index in [4.69, 9.17) is 11.6 Å². The van der Waals surface area contributed by atoms with Crippen molar-refractivity contribution < 1.29 is 0 Å². The molecule has 0 bridgehead atoms. The van der Waals surface area contributed by atoms with E-state index in [-0.39, 0.29) is 5.28 Å². The highest BCUT2D eigenvalue weighted by Gasteiger charge is 2.13. The molecular formula is C12H18ClN5. The Labute approximate surface area is 112 Å². The second-order valence-electron chi connectivity index (χ2n) is 4.41. The predicted octanol–water partition coefficient (Wildman–Crippen LogP) is 3.10. The zero-order chi connectivity index (χ0) is 13.1. The van der Waals surface area contributed by atoms with E-state index in [1.54, 1.807) is 6.33 Å². The number of fused-ring (bicyclic) bond motifs is 1. The molecule has 0 fully saturated rings. The summed E-state index contributed by atoms with van der Waals surface area (Å²) in [6.07, 6.45) is 3.85. The zero-order valence-electron chi connectivity index (χ0n) is 10.9. The first-order chi connectivity index (χ1) is 8.65. The van der Waals surface area contributed by atoms with Gasteiger partial charge in [0.2, 0.25) is 5.28 Å². The van der Waals surface area contributed by atoms with Crippen LogP contribution in [0.25, 0.3) is 11.2 Å². The number of rotatable bonds is 5. The lowest BCUT2D eigenvalue weighted by molar-refractivity contribution is 0.694. The lowest BCUT2D eigenvalue weighted by atomic mass is 10.2. The molecule has 0 saturated heterocycles. The predicted molar refractivity (Wildman–Crippen MR) is 74.0 cm³/mol. The Hall–Kier alpha value is -1.36. The van der Waals surface area contributed by atoms with Gasteiger partial charge in [-0.1, -0.05) is 13.8 Å². The maximum Gasteiger partial charge on any atom is 0.226 e. The third-order valence-corrected chi connectivity index (χ3v) is 3.07. The number of hydrogen-bond donors (Lipinski definition) is 1. The van der Waals surface area contributed by atoms with Crippen LogP contribution in [-0.4, -0.2) is 25.6 Å². The number of halogens is 1. The quantitative estimate of drug-likeness (QED) is 0.846. The Kier molecular flexibility index (Phi) is 4.01. The minimum Gasteiger partial charge on any atom is -0.366 e. The maximum absolute atomic E-state index is 5.93. The molecule has 1 atom stereocenters. The molecule has 0 aliphatic carbocycles. The van der Waals surface area contributed by atoms with Gasteiger partial charge in [0.1, 0.15) is 5.52 Å². The normalized spacial score (nSPS) is 12.9. The van der Waals surface area contributed by atoms with Gasteiger partial charge in [-0.2, -0.15) is 9.97 Å². The van der Waals surface area contributed by atoms with Gasteiger partial charge in [-0.15, -0.1) is 0 Å². The van der Waals surface area contributed by atoms with Crippen LogP contribution in [0, 0.1) is 0 Å². The van der Waals surface area contributed by atoms with Crippen LogP contribution in [0.3, 0.4) is 0 Å². The van der Waals surface area contributed by atoms with Crippen LogP contribution in [0.1, 0.15) is 33.6 Å².